The van der Waals surface area contributed by atoms with E-state index >= 15 is 0 Å². The minimum atomic E-state index is -3.41. The number of rotatable bonds is 5. The van der Waals surface area contributed by atoms with E-state index in [1.807, 2.05) is 0 Å². The van der Waals surface area contributed by atoms with E-state index in [2.05, 4.69) is 5.32 Å². The standard InChI is InChI=1S/C15H22N2O5S2/c18-15(16-10-13-11-21-7-8-22-13)12-3-5-17(6-4-12)24(19,20)14-2-1-9-23-14/h1-2,9,12-13H,3-8,10-11H2,(H,16,18). The second-order valence-corrected chi connectivity index (χ2v) is 9.04. The Hall–Kier alpha value is -1.00. The van der Waals surface area contributed by atoms with Gasteiger partial charge in [0.1, 0.15) is 4.21 Å². The van der Waals surface area contributed by atoms with Crippen LogP contribution in [0.2, 0.25) is 0 Å². The number of nitrogens with one attached hydrogen (secondary N) is 1. The highest BCUT2D eigenvalue weighted by atomic mass is 32.2. The van der Waals surface area contributed by atoms with E-state index in [0.717, 1.165) is 0 Å². The van der Waals surface area contributed by atoms with Crippen LogP contribution in [0.25, 0.3) is 0 Å². The molecular formula is C15H22N2O5S2. The molecule has 0 aromatic carbocycles. The fourth-order valence-corrected chi connectivity index (χ4v) is 5.52. The summed E-state index contributed by atoms with van der Waals surface area (Å²) in [5.74, 6) is -0.179. The second-order valence-electron chi connectivity index (χ2n) is 5.92. The molecule has 1 aromatic heterocycles. The van der Waals surface area contributed by atoms with Gasteiger partial charge in [0.05, 0.1) is 25.9 Å². The molecule has 0 aliphatic carbocycles. The van der Waals surface area contributed by atoms with Gasteiger partial charge in [-0.05, 0) is 24.3 Å². The first-order valence-corrected chi connectivity index (χ1v) is 10.4. The first-order valence-electron chi connectivity index (χ1n) is 8.08. The van der Waals surface area contributed by atoms with Crippen molar-refractivity contribution in [2.24, 2.45) is 5.92 Å². The van der Waals surface area contributed by atoms with Crippen LogP contribution in [0.1, 0.15) is 12.8 Å². The molecule has 24 heavy (non-hydrogen) atoms. The predicted octanol–water partition coefficient (Wildman–Crippen LogP) is 0.680. The third kappa shape index (κ3) is 4.15. The first kappa shape index (κ1) is 17.8. The lowest BCUT2D eigenvalue weighted by Gasteiger charge is -2.30. The highest BCUT2D eigenvalue weighted by molar-refractivity contribution is 7.91. The van der Waals surface area contributed by atoms with Crippen molar-refractivity contribution >= 4 is 27.3 Å². The maximum absolute atomic E-state index is 12.5. The predicted molar refractivity (Wildman–Crippen MR) is 89.4 cm³/mol. The summed E-state index contributed by atoms with van der Waals surface area (Å²) >= 11 is 1.22. The van der Waals surface area contributed by atoms with Crippen LogP contribution in [0.15, 0.2) is 21.7 Å². The molecule has 0 spiro atoms. The van der Waals surface area contributed by atoms with Crippen molar-refractivity contribution in [2.75, 3.05) is 39.5 Å². The van der Waals surface area contributed by atoms with Gasteiger partial charge >= 0.3 is 0 Å². The zero-order valence-corrected chi connectivity index (χ0v) is 15.0. The molecule has 2 fully saturated rings. The van der Waals surface area contributed by atoms with Gasteiger partial charge < -0.3 is 14.8 Å². The number of hydrogen-bond donors (Lipinski definition) is 1. The van der Waals surface area contributed by atoms with Gasteiger partial charge in [0.25, 0.3) is 10.0 Å². The van der Waals surface area contributed by atoms with Gasteiger partial charge in [0.2, 0.25) is 5.91 Å². The van der Waals surface area contributed by atoms with Gasteiger partial charge in [-0.1, -0.05) is 6.07 Å². The number of nitrogens with zero attached hydrogens (tertiary/aromatic N) is 1. The maximum atomic E-state index is 12.5. The molecule has 0 bridgehead atoms. The van der Waals surface area contributed by atoms with Crippen LogP contribution >= 0.6 is 11.3 Å². The first-order chi connectivity index (χ1) is 11.6. The van der Waals surface area contributed by atoms with Gasteiger partial charge in [-0.2, -0.15) is 4.31 Å². The molecule has 2 aliphatic rings. The molecule has 0 saturated carbocycles. The molecule has 7 nitrogen and oxygen atoms in total. The molecule has 1 N–H and O–H groups in total. The third-order valence-electron chi connectivity index (χ3n) is 4.30. The van der Waals surface area contributed by atoms with Gasteiger partial charge in [-0.25, -0.2) is 8.42 Å². The van der Waals surface area contributed by atoms with Crippen molar-refractivity contribution in [1.29, 1.82) is 0 Å². The highest BCUT2D eigenvalue weighted by Gasteiger charge is 2.32. The van der Waals surface area contributed by atoms with Crippen molar-refractivity contribution in [1.82, 2.24) is 9.62 Å². The van der Waals surface area contributed by atoms with Crippen LogP contribution in [0, 0.1) is 5.92 Å². The largest absolute Gasteiger partial charge is 0.376 e. The summed E-state index contributed by atoms with van der Waals surface area (Å²) in [6, 6.07) is 3.35. The number of piperidine rings is 1. The van der Waals surface area contributed by atoms with Crippen molar-refractivity contribution in [3.8, 4) is 0 Å². The van der Waals surface area contributed by atoms with Gasteiger partial charge in [0, 0.05) is 25.6 Å². The van der Waals surface area contributed by atoms with Crippen LogP contribution < -0.4 is 5.32 Å². The third-order valence-corrected chi connectivity index (χ3v) is 7.57. The molecule has 1 aromatic rings. The van der Waals surface area contributed by atoms with Crippen LogP contribution in [-0.4, -0.2) is 64.2 Å². The molecule has 3 heterocycles. The summed E-state index contributed by atoms with van der Waals surface area (Å²) in [6.07, 6.45) is 0.985. The quantitative estimate of drug-likeness (QED) is 0.819. The highest BCUT2D eigenvalue weighted by Crippen LogP contribution is 2.26. The summed E-state index contributed by atoms with van der Waals surface area (Å²) < 4.78 is 37.5. The van der Waals surface area contributed by atoms with E-state index < -0.39 is 10.0 Å². The summed E-state index contributed by atoms with van der Waals surface area (Å²) in [7, 11) is -3.41. The molecule has 1 unspecified atom stereocenters. The molecule has 1 amide bonds. The Morgan fingerprint density at radius 2 is 2.12 bits per heavy atom. The van der Waals surface area contributed by atoms with Crippen LogP contribution in [-0.2, 0) is 24.3 Å². The molecule has 9 heteroatoms. The molecule has 1 atom stereocenters. The number of carbonyl (C=O) groups is 1. The van der Waals surface area contributed by atoms with E-state index in [4.69, 9.17) is 9.47 Å². The van der Waals surface area contributed by atoms with E-state index in [1.165, 1.54) is 15.6 Å². The number of amides is 1. The Labute approximate surface area is 146 Å². The minimum Gasteiger partial charge on any atom is -0.376 e. The summed E-state index contributed by atoms with van der Waals surface area (Å²) in [6.45, 7) is 2.84. The van der Waals surface area contributed by atoms with Crippen LogP contribution in [0.3, 0.4) is 0 Å². The molecule has 3 rings (SSSR count). The molecule has 134 valence electrons. The van der Waals surface area contributed by atoms with E-state index in [9.17, 15) is 13.2 Å². The Balaban J connectivity index is 1.47. The van der Waals surface area contributed by atoms with Crippen molar-refractivity contribution in [2.45, 2.75) is 23.2 Å². The second kappa shape index (κ2) is 7.92. The van der Waals surface area contributed by atoms with Crippen molar-refractivity contribution < 1.29 is 22.7 Å². The number of sulfonamides is 1. The normalized spacial score (nSPS) is 23.9. The monoisotopic (exact) mass is 374 g/mol. The smallest absolute Gasteiger partial charge is 0.252 e. The average Bonchev–Trinajstić information content (AvgIpc) is 3.16. The SMILES string of the molecule is O=C(NCC1COCCO1)C1CCN(S(=O)(=O)c2cccs2)CC1. The van der Waals surface area contributed by atoms with Crippen LogP contribution in [0.4, 0.5) is 0 Å². The number of ether oxygens (including phenoxy) is 2. The van der Waals surface area contributed by atoms with E-state index in [0.29, 0.717) is 56.5 Å². The molecular weight excluding hydrogens is 352 g/mol. The lowest BCUT2D eigenvalue weighted by atomic mass is 9.97. The summed E-state index contributed by atoms with van der Waals surface area (Å²) in [5.41, 5.74) is 0. The Morgan fingerprint density at radius 1 is 1.33 bits per heavy atom. The number of thiophene rings is 1. The fraction of sp³-hybridized carbons (Fsp3) is 0.667. The Bertz CT molecular complexity index is 633. The minimum absolute atomic E-state index is 0.0302. The fourth-order valence-electron chi connectivity index (χ4n) is 2.91. The zero-order chi connectivity index (χ0) is 17.0. The summed E-state index contributed by atoms with van der Waals surface area (Å²) in [5, 5.41) is 4.65. The van der Waals surface area contributed by atoms with Crippen molar-refractivity contribution in [3.63, 3.8) is 0 Å². The Morgan fingerprint density at radius 3 is 2.75 bits per heavy atom. The molecule has 0 radical (unpaired) electrons. The van der Waals surface area contributed by atoms with E-state index in [1.54, 1.807) is 17.5 Å². The van der Waals surface area contributed by atoms with Gasteiger partial charge in [-0.3, -0.25) is 4.79 Å². The van der Waals surface area contributed by atoms with Gasteiger partial charge in [0.15, 0.2) is 0 Å². The molecule has 2 saturated heterocycles. The average molecular weight is 374 g/mol. The van der Waals surface area contributed by atoms with Crippen LogP contribution in [0.5, 0.6) is 0 Å². The van der Waals surface area contributed by atoms with E-state index in [-0.39, 0.29) is 17.9 Å². The maximum Gasteiger partial charge on any atom is 0.252 e. The molecule has 2 aliphatic heterocycles. The zero-order valence-electron chi connectivity index (χ0n) is 13.3. The topological polar surface area (TPSA) is 84.9 Å². The number of carbonyl (C=O) groups excluding carboxylic acids is 1. The Kier molecular flexibility index (Phi) is 5.88. The van der Waals surface area contributed by atoms with Crippen molar-refractivity contribution in [3.05, 3.63) is 17.5 Å². The van der Waals surface area contributed by atoms with Gasteiger partial charge in [-0.15, -0.1) is 11.3 Å². The summed E-state index contributed by atoms with van der Waals surface area (Å²) in [4.78, 5) is 12.3. The number of hydrogen-bond acceptors (Lipinski definition) is 6. The lowest BCUT2D eigenvalue weighted by molar-refractivity contribution is -0.128. The lowest BCUT2D eigenvalue weighted by Crippen LogP contribution is -2.45.